The minimum atomic E-state index is -1.44. The molecule has 0 bridgehead atoms. The SMILES string of the molecule is Cc1c(-c2cc(N3C(=O)C4CC5C(=CCC6C(=O)N(C(C)(C)C)C(=O)C65)C(c5cccc(F)c5O)C4(C)C3=O)n(C)n2)sc2ccc(Cl)cc12. The fourth-order valence-corrected chi connectivity index (χ4v) is 10.5. The number of hydrogen-bond donors (Lipinski definition) is 1. The number of fused-ring (bicyclic) bond motifs is 5. The summed E-state index contributed by atoms with van der Waals surface area (Å²) in [6, 6.07) is 11.6. The summed E-state index contributed by atoms with van der Waals surface area (Å²) in [6.07, 6.45) is 2.30. The lowest BCUT2D eigenvalue weighted by atomic mass is 9.51. The number of hydrogen-bond acceptors (Lipinski definition) is 7. The number of phenols is 1. The van der Waals surface area contributed by atoms with Gasteiger partial charge in [-0.3, -0.25) is 28.8 Å². The van der Waals surface area contributed by atoms with Crippen LogP contribution in [-0.2, 0) is 26.2 Å². The van der Waals surface area contributed by atoms with Crippen molar-refractivity contribution in [3.8, 4) is 16.3 Å². The Kier molecular flexibility index (Phi) is 7.11. The largest absolute Gasteiger partial charge is 0.505 e. The quantitative estimate of drug-likeness (QED) is 0.178. The van der Waals surface area contributed by atoms with Gasteiger partial charge in [0.25, 0.3) is 0 Å². The molecule has 2 saturated heterocycles. The first-order valence-electron chi connectivity index (χ1n) is 16.7. The standard InChI is InChI=1S/C38H36ClFN4O5S/c1-17-22-14-18(39)10-13-27(22)50-32(17)26-16-28(42(6)41-26)43-34(47)24-15-23-19(11-12-20-29(23)35(48)44(33(20)46)37(2,3)4)30(38(24,5)36(43)49)21-8-7-9-25(40)31(21)45/h7-11,13-14,16,20,23-24,29-30,45H,12,15H2,1-6H3. The molecule has 6 atom stereocenters. The lowest BCUT2D eigenvalue weighted by Crippen LogP contribution is -2.49. The average molecular weight is 715 g/mol. The van der Waals surface area contributed by atoms with Gasteiger partial charge in [0, 0.05) is 39.9 Å². The van der Waals surface area contributed by atoms with Gasteiger partial charge in [-0.05, 0) is 88.6 Å². The summed E-state index contributed by atoms with van der Waals surface area (Å²) in [4.78, 5) is 60.8. The lowest BCUT2D eigenvalue weighted by Gasteiger charge is -2.49. The number of aromatic hydroxyl groups is 1. The molecule has 8 rings (SSSR count). The maximum absolute atomic E-state index is 15.0. The van der Waals surface area contributed by atoms with Crippen LogP contribution in [0.4, 0.5) is 10.2 Å². The molecule has 2 aromatic heterocycles. The van der Waals surface area contributed by atoms with Crippen LogP contribution in [0.15, 0.2) is 54.1 Å². The maximum Gasteiger partial charge on any atom is 0.242 e. The summed E-state index contributed by atoms with van der Waals surface area (Å²) in [6.45, 7) is 9.13. The van der Waals surface area contributed by atoms with Crippen LogP contribution in [0.2, 0.25) is 5.02 Å². The van der Waals surface area contributed by atoms with E-state index in [2.05, 4.69) is 0 Å². The second kappa shape index (κ2) is 10.8. The molecule has 1 N–H and O–H groups in total. The predicted molar refractivity (Wildman–Crippen MR) is 188 cm³/mol. The zero-order valence-electron chi connectivity index (χ0n) is 28.5. The second-order valence-electron chi connectivity index (χ2n) is 15.2. The minimum absolute atomic E-state index is 0.148. The number of allylic oxidation sites excluding steroid dienone is 2. The van der Waals surface area contributed by atoms with Crippen LogP contribution >= 0.6 is 22.9 Å². The number of amides is 4. The van der Waals surface area contributed by atoms with Crippen molar-refractivity contribution < 1.29 is 28.7 Å². The van der Waals surface area contributed by atoms with Crippen molar-refractivity contribution in [1.82, 2.24) is 14.7 Å². The Balaban J connectivity index is 1.26. The highest BCUT2D eigenvalue weighted by molar-refractivity contribution is 7.22. The fourth-order valence-electron chi connectivity index (χ4n) is 9.22. The molecule has 258 valence electrons. The van der Waals surface area contributed by atoms with Crippen molar-refractivity contribution in [3.63, 3.8) is 0 Å². The summed E-state index contributed by atoms with van der Waals surface area (Å²) in [5.74, 6) is -6.47. The molecule has 4 amide bonds. The van der Waals surface area contributed by atoms with Crippen molar-refractivity contribution in [2.24, 2.45) is 36.1 Å². The number of phenolic OH excluding ortho intramolecular Hbond substituents is 1. The molecular formula is C38H36ClFN4O5S. The van der Waals surface area contributed by atoms with Crippen molar-refractivity contribution in [2.45, 2.75) is 58.9 Å². The number of halogens is 2. The van der Waals surface area contributed by atoms with E-state index in [0.29, 0.717) is 16.3 Å². The van der Waals surface area contributed by atoms with E-state index in [4.69, 9.17) is 16.7 Å². The normalized spacial score (nSPS) is 28.0. The van der Waals surface area contributed by atoms with E-state index >= 15 is 4.39 Å². The van der Waals surface area contributed by atoms with E-state index in [1.807, 2.05) is 52.0 Å². The summed E-state index contributed by atoms with van der Waals surface area (Å²) >= 11 is 7.82. The smallest absolute Gasteiger partial charge is 0.242 e. The molecule has 0 spiro atoms. The van der Waals surface area contributed by atoms with Gasteiger partial charge in [0.05, 0.1) is 28.0 Å². The zero-order chi connectivity index (χ0) is 35.8. The van der Waals surface area contributed by atoms with Crippen LogP contribution in [0.1, 0.15) is 57.6 Å². The molecule has 1 saturated carbocycles. The van der Waals surface area contributed by atoms with E-state index in [1.54, 1.807) is 26.1 Å². The molecule has 4 heterocycles. The van der Waals surface area contributed by atoms with Gasteiger partial charge >= 0.3 is 0 Å². The molecule has 2 aliphatic carbocycles. The lowest BCUT2D eigenvalue weighted by molar-refractivity contribution is -0.145. The van der Waals surface area contributed by atoms with Gasteiger partial charge in [0.2, 0.25) is 23.6 Å². The highest BCUT2D eigenvalue weighted by atomic mass is 35.5. The number of carbonyl (C=O) groups is 4. The minimum Gasteiger partial charge on any atom is -0.505 e. The Morgan fingerprint density at radius 1 is 1.04 bits per heavy atom. The predicted octanol–water partition coefficient (Wildman–Crippen LogP) is 7.14. The number of thiophene rings is 1. The van der Waals surface area contributed by atoms with Crippen LogP contribution in [0.3, 0.4) is 0 Å². The highest BCUT2D eigenvalue weighted by Crippen LogP contribution is 2.64. The van der Waals surface area contributed by atoms with Crippen LogP contribution in [0, 0.1) is 41.8 Å². The Morgan fingerprint density at radius 3 is 2.50 bits per heavy atom. The van der Waals surface area contributed by atoms with E-state index in [0.717, 1.165) is 26.6 Å². The first-order chi connectivity index (χ1) is 23.5. The molecule has 0 radical (unpaired) electrons. The number of aromatic nitrogens is 2. The number of para-hydroxylation sites is 1. The molecule has 4 aromatic rings. The van der Waals surface area contributed by atoms with Crippen molar-refractivity contribution >= 4 is 62.5 Å². The molecule has 2 aromatic carbocycles. The topological polar surface area (TPSA) is 113 Å². The van der Waals surface area contributed by atoms with E-state index in [9.17, 15) is 24.3 Å². The molecular weight excluding hydrogens is 679 g/mol. The molecule has 50 heavy (non-hydrogen) atoms. The Labute approximate surface area is 297 Å². The Hall–Kier alpha value is -4.35. The van der Waals surface area contributed by atoms with E-state index in [-0.39, 0.29) is 36.0 Å². The molecule has 9 nitrogen and oxygen atoms in total. The van der Waals surface area contributed by atoms with Crippen molar-refractivity contribution in [3.05, 3.63) is 76.1 Å². The summed E-state index contributed by atoms with van der Waals surface area (Å²) in [7, 11) is 1.68. The van der Waals surface area contributed by atoms with E-state index < -0.39 is 63.9 Å². The fraction of sp³-hybridized carbons (Fsp3) is 0.395. The Morgan fingerprint density at radius 2 is 1.78 bits per heavy atom. The Bertz CT molecular complexity index is 2230. The summed E-state index contributed by atoms with van der Waals surface area (Å²) < 4.78 is 17.6. The summed E-state index contributed by atoms with van der Waals surface area (Å²) in [5.41, 5.74) is 0.224. The number of aryl methyl sites for hydroxylation is 2. The molecule has 2 aliphatic heterocycles. The first-order valence-corrected chi connectivity index (χ1v) is 17.9. The third kappa shape index (κ3) is 4.32. The number of imide groups is 2. The van der Waals surface area contributed by atoms with Crippen LogP contribution in [0.25, 0.3) is 20.7 Å². The third-order valence-electron chi connectivity index (χ3n) is 11.5. The number of nitrogens with zero attached hydrogens (tertiary/aromatic N) is 4. The number of anilines is 1. The molecule has 6 unspecified atom stereocenters. The molecule has 3 fully saturated rings. The monoisotopic (exact) mass is 714 g/mol. The third-order valence-corrected chi connectivity index (χ3v) is 13.0. The van der Waals surface area contributed by atoms with Crippen molar-refractivity contribution in [2.75, 3.05) is 4.90 Å². The van der Waals surface area contributed by atoms with Crippen molar-refractivity contribution in [1.29, 1.82) is 0 Å². The number of benzene rings is 2. The van der Waals surface area contributed by atoms with Gasteiger partial charge in [0.1, 0.15) is 11.5 Å². The van der Waals surface area contributed by atoms with Crippen LogP contribution in [-0.4, -0.2) is 49.0 Å². The van der Waals surface area contributed by atoms with E-state index in [1.165, 1.54) is 31.9 Å². The van der Waals surface area contributed by atoms with Crippen LogP contribution < -0.4 is 4.90 Å². The number of rotatable bonds is 3. The van der Waals surface area contributed by atoms with Gasteiger partial charge in [-0.2, -0.15) is 5.10 Å². The van der Waals surface area contributed by atoms with Gasteiger partial charge in [-0.15, -0.1) is 11.3 Å². The second-order valence-corrected chi connectivity index (χ2v) is 16.7. The highest BCUT2D eigenvalue weighted by Gasteiger charge is 2.68. The van der Waals surface area contributed by atoms with Gasteiger partial charge < -0.3 is 5.11 Å². The molecule has 4 aliphatic rings. The maximum atomic E-state index is 15.0. The number of likely N-dealkylation sites (tertiary alicyclic amines) is 1. The summed E-state index contributed by atoms with van der Waals surface area (Å²) in [5, 5.41) is 17.5. The van der Waals surface area contributed by atoms with Gasteiger partial charge in [0.15, 0.2) is 11.6 Å². The number of carbonyl (C=O) groups excluding carboxylic acids is 4. The van der Waals surface area contributed by atoms with Gasteiger partial charge in [-0.1, -0.05) is 35.4 Å². The average Bonchev–Trinajstić information content (AvgIpc) is 3.72. The molecule has 12 heteroatoms. The van der Waals surface area contributed by atoms with Gasteiger partial charge in [-0.25, -0.2) is 9.29 Å². The first kappa shape index (κ1) is 32.8. The zero-order valence-corrected chi connectivity index (χ0v) is 30.0. The van der Waals surface area contributed by atoms with Crippen LogP contribution in [0.5, 0.6) is 5.75 Å².